The lowest BCUT2D eigenvalue weighted by Gasteiger charge is -2.16. The molecule has 2 rings (SSSR count). The fourth-order valence-electron chi connectivity index (χ4n) is 1.99. The normalized spacial score (nSPS) is 14.2. The van der Waals surface area contributed by atoms with Crippen molar-refractivity contribution in [3.63, 3.8) is 0 Å². The summed E-state index contributed by atoms with van der Waals surface area (Å²) in [7, 11) is 0. The number of benzene rings is 1. The molecule has 0 fully saturated rings. The van der Waals surface area contributed by atoms with E-state index >= 15 is 0 Å². The van der Waals surface area contributed by atoms with E-state index in [4.69, 9.17) is 9.47 Å². The molecule has 0 saturated carbocycles. The van der Waals surface area contributed by atoms with Crippen molar-refractivity contribution in [1.29, 1.82) is 0 Å². The summed E-state index contributed by atoms with van der Waals surface area (Å²) >= 11 is 0. The van der Waals surface area contributed by atoms with Crippen molar-refractivity contribution in [2.45, 2.75) is 33.2 Å². The zero-order valence-corrected chi connectivity index (χ0v) is 12.2. The van der Waals surface area contributed by atoms with Gasteiger partial charge in [0.25, 0.3) is 0 Å². The van der Waals surface area contributed by atoms with Crippen LogP contribution in [0.4, 0.5) is 4.79 Å². The summed E-state index contributed by atoms with van der Waals surface area (Å²) in [5.74, 6) is 2.07. The number of ether oxygens (including phenoxy) is 2. The number of fused-ring (bicyclic) bond motifs is 1. The van der Waals surface area contributed by atoms with E-state index in [0.717, 1.165) is 23.5 Å². The van der Waals surface area contributed by atoms with E-state index in [9.17, 15) is 4.79 Å². The first-order valence-electron chi connectivity index (χ1n) is 7.00. The van der Waals surface area contributed by atoms with Gasteiger partial charge in [0.05, 0.1) is 6.04 Å². The third kappa shape index (κ3) is 3.79. The van der Waals surface area contributed by atoms with Gasteiger partial charge in [-0.15, -0.1) is 0 Å². The van der Waals surface area contributed by atoms with Gasteiger partial charge >= 0.3 is 6.03 Å². The Balaban J connectivity index is 1.85. The highest BCUT2D eigenvalue weighted by Crippen LogP contribution is 2.34. The second-order valence-electron chi connectivity index (χ2n) is 5.42. The first-order chi connectivity index (χ1) is 9.56. The summed E-state index contributed by atoms with van der Waals surface area (Å²) < 4.78 is 10.6. The van der Waals surface area contributed by atoms with Crippen LogP contribution in [0.1, 0.15) is 38.8 Å². The Morgan fingerprint density at radius 3 is 2.75 bits per heavy atom. The average molecular weight is 278 g/mol. The fourth-order valence-corrected chi connectivity index (χ4v) is 1.99. The minimum Gasteiger partial charge on any atom is -0.454 e. The Labute approximate surface area is 119 Å². The first kappa shape index (κ1) is 14.5. The predicted molar refractivity (Wildman–Crippen MR) is 77.0 cm³/mol. The molecule has 2 N–H and O–H groups in total. The maximum atomic E-state index is 11.8. The number of hydrogen-bond donors (Lipinski definition) is 2. The maximum absolute atomic E-state index is 11.8. The van der Waals surface area contributed by atoms with Gasteiger partial charge in [-0.3, -0.25) is 0 Å². The Morgan fingerprint density at radius 1 is 1.25 bits per heavy atom. The molecular weight excluding hydrogens is 256 g/mol. The molecule has 1 aromatic carbocycles. The molecule has 0 bridgehead atoms. The van der Waals surface area contributed by atoms with Gasteiger partial charge in [0.2, 0.25) is 6.79 Å². The lowest BCUT2D eigenvalue weighted by molar-refractivity contribution is 0.174. The SMILES string of the molecule is CC(C)CCNC(=O)NC(C)c1ccc2c(c1)OCO2. The standard InChI is InChI=1S/C15H22N2O3/c1-10(2)6-7-16-15(18)17-11(3)12-4-5-13-14(8-12)20-9-19-13/h4-5,8,10-11H,6-7,9H2,1-3H3,(H2,16,17,18). The van der Waals surface area contributed by atoms with Crippen molar-refractivity contribution in [1.82, 2.24) is 10.6 Å². The van der Waals surface area contributed by atoms with Crippen molar-refractivity contribution >= 4 is 6.03 Å². The summed E-state index contributed by atoms with van der Waals surface area (Å²) in [6.45, 7) is 7.16. The maximum Gasteiger partial charge on any atom is 0.315 e. The quantitative estimate of drug-likeness (QED) is 0.870. The molecule has 1 unspecified atom stereocenters. The minimum absolute atomic E-state index is 0.0800. The molecule has 2 amide bonds. The summed E-state index contributed by atoms with van der Waals surface area (Å²) in [5, 5.41) is 5.78. The van der Waals surface area contributed by atoms with Gasteiger partial charge in [-0.2, -0.15) is 0 Å². The Kier molecular flexibility index (Phi) is 4.71. The summed E-state index contributed by atoms with van der Waals surface area (Å²) in [4.78, 5) is 11.8. The van der Waals surface area contributed by atoms with Gasteiger partial charge in [0, 0.05) is 6.54 Å². The molecule has 0 aliphatic carbocycles. The molecular formula is C15H22N2O3. The van der Waals surface area contributed by atoms with E-state index < -0.39 is 0 Å². The van der Waals surface area contributed by atoms with Crippen molar-refractivity contribution in [3.8, 4) is 11.5 Å². The fraction of sp³-hybridized carbons (Fsp3) is 0.533. The highest BCUT2D eigenvalue weighted by atomic mass is 16.7. The van der Waals surface area contributed by atoms with Gasteiger partial charge in [-0.1, -0.05) is 19.9 Å². The van der Waals surface area contributed by atoms with Crippen LogP contribution in [0.5, 0.6) is 11.5 Å². The van der Waals surface area contributed by atoms with E-state index in [0.29, 0.717) is 12.5 Å². The second-order valence-corrected chi connectivity index (χ2v) is 5.42. The first-order valence-corrected chi connectivity index (χ1v) is 7.00. The summed E-state index contributed by atoms with van der Waals surface area (Å²) in [6, 6.07) is 5.49. The number of hydrogen-bond acceptors (Lipinski definition) is 3. The van der Waals surface area contributed by atoms with Gasteiger partial charge in [-0.25, -0.2) is 4.79 Å². The zero-order valence-electron chi connectivity index (χ0n) is 12.2. The molecule has 1 aliphatic rings. The molecule has 5 heteroatoms. The third-order valence-electron chi connectivity index (χ3n) is 3.25. The molecule has 110 valence electrons. The number of amides is 2. The summed E-state index contributed by atoms with van der Waals surface area (Å²) in [5.41, 5.74) is 0.994. The average Bonchev–Trinajstić information content (AvgIpc) is 2.85. The van der Waals surface area contributed by atoms with Crippen LogP contribution < -0.4 is 20.1 Å². The molecule has 20 heavy (non-hydrogen) atoms. The van der Waals surface area contributed by atoms with Crippen LogP contribution in [0.15, 0.2) is 18.2 Å². The molecule has 0 radical (unpaired) electrons. The van der Waals surface area contributed by atoms with Crippen LogP contribution in [0.2, 0.25) is 0 Å². The van der Waals surface area contributed by atoms with Gasteiger partial charge in [-0.05, 0) is 37.0 Å². The van der Waals surface area contributed by atoms with E-state index in [1.807, 2.05) is 25.1 Å². The van der Waals surface area contributed by atoms with Crippen molar-refractivity contribution < 1.29 is 14.3 Å². The molecule has 1 aliphatic heterocycles. The largest absolute Gasteiger partial charge is 0.454 e. The number of urea groups is 1. The van der Waals surface area contributed by atoms with Crippen molar-refractivity contribution in [3.05, 3.63) is 23.8 Å². The number of carbonyl (C=O) groups excluding carboxylic acids is 1. The van der Waals surface area contributed by atoms with Gasteiger partial charge < -0.3 is 20.1 Å². The molecule has 1 atom stereocenters. The van der Waals surface area contributed by atoms with Crippen LogP contribution in [0.25, 0.3) is 0 Å². The van der Waals surface area contributed by atoms with Crippen molar-refractivity contribution in [2.75, 3.05) is 13.3 Å². The smallest absolute Gasteiger partial charge is 0.315 e. The Hall–Kier alpha value is -1.91. The third-order valence-corrected chi connectivity index (χ3v) is 3.25. The topological polar surface area (TPSA) is 59.6 Å². The number of rotatable bonds is 5. The second kappa shape index (κ2) is 6.50. The van der Waals surface area contributed by atoms with Crippen LogP contribution in [-0.2, 0) is 0 Å². The molecule has 0 spiro atoms. The monoisotopic (exact) mass is 278 g/mol. The van der Waals surface area contributed by atoms with Gasteiger partial charge in [0.15, 0.2) is 11.5 Å². The van der Waals surface area contributed by atoms with E-state index in [1.165, 1.54) is 0 Å². The molecule has 5 nitrogen and oxygen atoms in total. The van der Waals surface area contributed by atoms with E-state index in [2.05, 4.69) is 24.5 Å². The molecule has 0 aromatic heterocycles. The van der Waals surface area contributed by atoms with E-state index in [1.54, 1.807) is 0 Å². The summed E-state index contributed by atoms with van der Waals surface area (Å²) in [6.07, 6.45) is 0.978. The van der Waals surface area contributed by atoms with Crippen molar-refractivity contribution in [2.24, 2.45) is 5.92 Å². The zero-order chi connectivity index (χ0) is 14.5. The molecule has 1 heterocycles. The van der Waals surface area contributed by atoms with E-state index in [-0.39, 0.29) is 18.9 Å². The highest BCUT2D eigenvalue weighted by Gasteiger charge is 2.16. The lowest BCUT2D eigenvalue weighted by Crippen LogP contribution is -2.37. The Morgan fingerprint density at radius 2 is 2.00 bits per heavy atom. The minimum atomic E-state index is -0.143. The van der Waals surface area contributed by atoms with Gasteiger partial charge in [0.1, 0.15) is 0 Å². The number of carbonyl (C=O) groups is 1. The predicted octanol–water partition coefficient (Wildman–Crippen LogP) is 2.82. The van der Waals surface area contributed by atoms with Crippen LogP contribution in [0, 0.1) is 5.92 Å². The molecule has 0 saturated heterocycles. The lowest BCUT2D eigenvalue weighted by atomic mass is 10.1. The highest BCUT2D eigenvalue weighted by molar-refractivity contribution is 5.74. The molecule has 1 aromatic rings. The number of nitrogens with one attached hydrogen (secondary N) is 2. The van der Waals surface area contributed by atoms with Crippen LogP contribution in [0.3, 0.4) is 0 Å². The van der Waals surface area contributed by atoms with Crippen LogP contribution in [-0.4, -0.2) is 19.4 Å². The van der Waals surface area contributed by atoms with Crippen LogP contribution >= 0.6 is 0 Å². The Bertz CT molecular complexity index is 474.